The minimum atomic E-state index is -0.456. The normalized spacial score (nSPS) is 10.9. The number of benzene rings is 1. The summed E-state index contributed by atoms with van der Waals surface area (Å²) in [5.41, 5.74) is 1.41. The van der Waals surface area contributed by atoms with Gasteiger partial charge in [0.25, 0.3) is 0 Å². The van der Waals surface area contributed by atoms with Crippen LogP contribution in [0.3, 0.4) is 0 Å². The van der Waals surface area contributed by atoms with E-state index in [1.54, 1.807) is 36.9 Å². The number of pyridine rings is 2. The molecule has 6 nitrogen and oxygen atoms in total. The minimum Gasteiger partial charge on any atom is -0.345 e. The van der Waals surface area contributed by atoms with Gasteiger partial charge in [-0.3, -0.25) is 14.8 Å². The van der Waals surface area contributed by atoms with Crippen molar-refractivity contribution < 1.29 is 4.39 Å². The van der Waals surface area contributed by atoms with Crippen LogP contribution in [0.1, 0.15) is 11.3 Å². The molecule has 0 atom stereocenters. The van der Waals surface area contributed by atoms with E-state index in [0.29, 0.717) is 29.9 Å². The Kier molecular flexibility index (Phi) is 4.57. The molecule has 0 saturated heterocycles. The Morgan fingerprint density at radius 1 is 1.00 bits per heavy atom. The van der Waals surface area contributed by atoms with Crippen molar-refractivity contribution in [3.63, 3.8) is 0 Å². The lowest BCUT2D eigenvalue weighted by Gasteiger charge is -2.23. The third-order valence-corrected chi connectivity index (χ3v) is 4.23. The molecule has 0 bridgehead atoms. The first-order valence-electron chi connectivity index (χ1n) is 8.42. The Bertz CT molecular complexity index is 1120. The number of halogens is 1. The predicted octanol–water partition coefficient (Wildman–Crippen LogP) is 3.06. The lowest BCUT2D eigenvalue weighted by Crippen LogP contribution is -2.25. The number of hydrogen-bond acceptors (Lipinski definition) is 5. The molecule has 0 unspecified atom stereocenters. The zero-order valence-corrected chi connectivity index (χ0v) is 14.3. The first-order valence-corrected chi connectivity index (χ1v) is 8.42. The summed E-state index contributed by atoms with van der Waals surface area (Å²) in [5, 5.41) is 0.657. The number of anilines is 1. The maximum atomic E-state index is 14.1. The molecule has 0 aliphatic rings. The molecule has 0 spiro atoms. The van der Waals surface area contributed by atoms with Gasteiger partial charge in [0.2, 0.25) is 5.56 Å². The summed E-state index contributed by atoms with van der Waals surface area (Å²) in [6.07, 6.45) is 6.58. The fourth-order valence-electron chi connectivity index (χ4n) is 3.01. The highest BCUT2D eigenvalue weighted by Crippen LogP contribution is 2.22. The molecule has 134 valence electrons. The molecule has 3 aromatic heterocycles. The second kappa shape index (κ2) is 7.33. The van der Waals surface area contributed by atoms with E-state index in [2.05, 4.69) is 19.9 Å². The molecule has 0 aliphatic heterocycles. The Balaban J connectivity index is 1.77. The summed E-state index contributed by atoms with van der Waals surface area (Å²) in [6, 6.07) is 11.9. The standard InChI is InChI=1S/C20H16FN5O/c21-17-6-3-5-16-14(10-19(27)25-20(16)17)12-26(18-11-22-8-9-24-18)13-15-4-1-2-7-23-15/h1-11H,12-13H2,(H,25,27). The Hall–Kier alpha value is -3.61. The third-order valence-electron chi connectivity index (χ3n) is 4.23. The summed E-state index contributed by atoms with van der Waals surface area (Å²) in [4.78, 5) is 29.4. The predicted molar refractivity (Wildman–Crippen MR) is 101 cm³/mol. The fourth-order valence-corrected chi connectivity index (χ4v) is 3.01. The van der Waals surface area contributed by atoms with Crippen LogP contribution in [0.5, 0.6) is 0 Å². The van der Waals surface area contributed by atoms with Gasteiger partial charge in [-0.2, -0.15) is 0 Å². The number of para-hydroxylation sites is 1. The van der Waals surface area contributed by atoms with E-state index in [9.17, 15) is 9.18 Å². The highest BCUT2D eigenvalue weighted by molar-refractivity contribution is 5.82. The Morgan fingerprint density at radius 3 is 2.70 bits per heavy atom. The van der Waals surface area contributed by atoms with E-state index >= 15 is 0 Å². The summed E-state index contributed by atoms with van der Waals surface area (Å²) in [5.74, 6) is 0.190. The van der Waals surface area contributed by atoms with Crippen molar-refractivity contribution in [1.29, 1.82) is 0 Å². The maximum absolute atomic E-state index is 14.1. The number of nitrogens with zero attached hydrogens (tertiary/aromatic N) is 4. The van der Waals surface area contributed by atoms with Gasteiger partial charge in [0.15, 0.2) is 0 Å². The highest BCUT2D eigenvalue weighted by atomic mass is 19.1. The van der Waals surface area contributed by atoms with E-state index in [-0.39, 0.29) is 11.1 Å². The van der Waals surface area contributed by atoms with Crippen LogP contribution < -0.4 is 10.5 Å². The minimum absolute atomic E-state index is 0.205. The van der Waals surface area contributed by atoms with E-state index < -0.39 is 5.82 Å². The Labute approximate surface area is 154 Å². The molecule has 4 rings (SSSR count). The van der Waals surface area contributed by atoms with Gasteiger partial charge in [-0.05, 0) is 23.8 Å². The second-order valence-corrected chi connectivity index (χ2v) is 6.06. The number of fused-ring (bicyclic) bond motifs is 1. The van der Waals surface area contributed by atoms with E-state index in [1.165, 1.54) is 12.1 Å². The van der Waals surface area contributed by atoms with Crippen LogP contribution in [-0.2, 0) is 13.1 Å². The zero-order valence-electron chi connectivity index (χ0n) is 14.3. The van der Waals surface area contributed by atoms with Gasteiger partial charge in [0.1, 0.15) is 11.6 Å². The molecule has 3 heterocycles. The molecular formula is C20H16FN5O. The van der Waals surface area contributed by atoms with Crippen LogP contribution in [0, 0.1) is 5.82 Å². The maximum Gasteiger partial charge on any atom is 0.248 e. The molecule has 1 aromatic carbocycles. The molecule has 0 aliphatic carbocycles. The summed E-state index contributed by atoms with van der Waals surface area (Å²) < 4.78 is 14.1. The van der Waals surface area contributed by atoms with Crippen LogP contribution in [-0.4, -0.2) is 19.9 Å². The van der Waals surface area contributed by atoms with Crippen molar-refractivity contribution in [2.75, 3.05) is 4.90 Å². The molecule has 4 aromatic rings. The topological polar surface area (TPSA) is 74.8 Å². The molecule has 7 heteroatoms. The molecule has 27 heavy (non-hydrogen) atoms. The van der Waals surface area contributed by atoms with Crippen LogP contribution in [0.15, 0.2) is 72.0 Å². The quantitative estimate of drug-likeness (QED) is 0.591. The number of aromatic amines is 1. The van der Waals surface area contributed by atoms with Gasteiger partial charge >= 0.3 is 0 Å². The highest BCUT2D eigenvalue weighted by Gasteiger charge is 2.14. The van der Waals surface area contributed by atoms with Crippen molar-refractivity contribution in [2.45, 2.75) is 13.1 Å². The molecule has 0 radical (unpaired) electrons. The van der Waals surface area contributed by atoms with Crippen molar-refractivity contribution in [2.24, 2.45) is 0 Å². The van der Waals surface area contributed by atoms with Crippen molar-refractivity contribution in [1.82, 2.24) is 19.9 Å². The van der Waals surface area contributed by atoms with Gasteiger partial charge < -0.3 is 9.88 Å². The molecular weight excluding hydrogens is 345 g/mol. The van der Waals surface area contributed by atoms with Gasteiger partial charge in [0, 0.05) is 36.6 Å². The van der Waals surface area contributed by atoms with Crippen molar-refractivity contribution in [3.05, 3.63) is 94.7 Å². The first kappa shape index (κ1) is 16.8. The van der Waals surface area contributed by atoms with E-state index in [0.717, 1.165) is 5.69 Å². The number of hydrogen-bond donors (Lipinski definition) is 1. The van der Waals surface area contributed by atoms with E-state index in [4.69, 9.17) is 0 Å². The van der Waals surface area contributed by atoms with Crippen molar-refractivity contribution >= 4 is 16.7 Å². The smallest absolute Gasteiger partial charge is 0.248 e. The van der Waals surface area contributed by atoms with Gasteiger partial charge in [-0.25, -0.2) is 9.37 Å². The fraction of sp³-hybridized carbons (Fsp3) is 0.100. The van der Waals surface area contributed by atoms with Crippen LogP contribution in [0.2, 0.25) is 0 Å². The average molecular weight is 361 g/mol. The number of aromatic nitrogens is 4. The molecule has 0 saturated carbocycles. The van der Waals surface area contributed by atoms with Crippen LogP contribution in [0.25, 0.3) is 10.9 Å². The van der Waals surface area contributed by atoms with Gasteiger partial charge in [-0.15, -0.1) is 0 Å². The average Bonchev–Trinajstić information content (AvgIpc) is 2.70. The van der Waals surface area contributed by atoms with E-state index in [1.807, 2.05) is 23.1 Å². The van der Waals surface area contributed by atoms with Gasteiger partial charge in [0.05, 0.1) is 24.0 Å². The first-order chi connectivity index (χ1) is 13.2. The Morgan fingerprint density at radius 2 is 1.93 bits per heavy atom. The molecule has 0 fully saturated rings. The van der Waals surface area contributed by atoms with Crippen molar-refractivity contribution in [3.8, 4) is 0 Å². The summed E-state index contributed by atoms with van der Waals surface area (Å²) >= 11 is 0. The summed E-state index contributed by atoms with van der Waals surface area (Å²) in [7, 11) is 0. The molecule has 1 N–H and O–H groups in total. The summed E-state index contributed by atoms with van der Waals surface area (Å²) in [6.45, 7) is 0.836. The van der Waals surface area contributed by atoms with Gasteiger partial charge in [-0.1, -0.05) is 18.2 Å². The van der Waals surface area contributed by atoms with Crippen LogP contribution in [0.4, 0.5) is 10.2 Å². The third kappa shape index (κ3) is 3.67. The number of rotatable bonds is 5. The molecule has 0 amide bonds. The number of H-pyrrole nitrogens is 1. The largest absolute Gasteiger partial charge is 0.345 e. The van der Waals surface area contributed by atoms with Crippen LogP contribution >= 0.6 is 0 Å². The SMILES string of the molecule is O=c1cc(CN(Cc2ccccn2)c2cnccn2)c2cccc(F)c2[nH]1. The second-order valence-electron chi connectivity index (χ2n) is 6.06. The monoisotopic (exact) mass is 361 g/mol. The lowest BCUT2D eigenvalue weighted by molar-refractivity contribution is 0.636. The number of nitrogens with one attached hydrogen (secondary N) is 1. The lowest BCUT2D eigenvalue weighted by atomic mass is 10.1. The zero-order chi connectivity index (χ0) is 18.6.